The van der Waals surface area contributed by atoms with Crippen LogP contribution in [0, 0.1) is 13.8 Å². The van der Waals surface area contributed by atoms with Gasteiger partial charge in [0.25, 0.3) is 5.91 Å². The SMILES string of the molecule is Cc1ccc(C(=O)C(C)SC2=NNC3C(=O)N(c4ccccc4)C=CN23)cc1C. The summed E-state index contributed by atoms with van der Waals surface area (Å²) in [6.07, 6.45) is 2.94. The molecule has 29 heavy (non-hydrogen) atoms. The molecule has 0 radical (unpaired) electrons. The molecule has 4 rings (SSSR count). The number of aryl methyl sites for hydroxylation is 2. The maximum absolute atomic E-state index is 12.9. The number of nitrogens with one attached hydrogen (secondary N) is 1. The quantitative estimate of drug-likeness (QED) is 0.786. The third-order valence-electron chi connectivity index (χ3n) is 5.11. The van der Waals surface area contributed by atoms with Gasteiger partial charge in [0.15, 0.2) is 11.0 Å². The number of ketones is 1. The van der Waals surface area contributed by atoms with E-state index in [9.17, 15) is 9.59 Å². The summed E-state index contributed by atoms with van der Waals surface area (Å²) in [7, 11) is 0. The summed E-state index contributed by atoms with van der Waals surface area (Å²) in [5.74, 6) is -0.0753. The Kier molecular flexibility index (Phi) is 5.15. The maximum atomic E-state index is 12.9. The molecule has 2 aliphatic heterocycles. The topological polar surface area (TPSA) is 65.0 Å². The molecule has 7 heteroatoms. The second kappa shape index (κ2) is 7.75. The Labute approximate surface area is 174 Å². The van der Waals surface area contributed by atoms with Crippen molar-refractivity contribution in [3.8, 4) is 0 Å². The second-order valence-corrected chi connectivity index (χ2v) is 8.41. The summed E-state index contributed by atoms with van der Waals surface area (Å²) in [4.78, 5) is 29.1. The fraction of sp³-hybridized carbons (Fsp3) is 0.227. The third-order valence-corrected chi connectivity index (χ3v) is 6.19. The predicted molar refractivity (Wildman–Crippen MR) is 117 cm³/mol. The first kappa shape index (κ1) is 19.3. The van der Waals surface area contributed by atoms with Gasteiger partial charge in [-0.05, 0) is 50.1 Å². The highest BCUT2D eigenvalue weighted by atomic mass is 32.2. The molecule has 0 bridgehead atoms. The molecule has 2 unspecified atom stereocenters. The minimum Gasteiger partial charge on any atom is -0.294 e. The number of amides is 1. The van der Waals surface area contributed by atoms with Crippen LogP contribution in [0.1, 0.15) is 28.4 Å². The minimum absolute atomic E-state index is 0.0440. The number of carbonyl (C=O) groups excluding carboxylic acids is 2. The molecule has 148 valence electrons. The van der Waals surface area contributed by atoms with Crippen LogP contribution in [0.3, 0.4) is 0 Å². The lowest BCUT2D eigenvalue weighted by atomic mass is 10.0. The van der Waals surface area contributed by atoms with Crippen LogP contribution in [-0.2, 0) is 4.79 Å². The van der Waals surface area contributed by atoms with Crippen molar-refractivity contribution in [2.75, 3.05) is 4.90 Å². The van der Waals surface area contributed by atoms with E-state index in [-0.39, 0.29) is 16.9 Å². The smallest absolute Gasteiger partial charge is 0.276 e. The molecule has 0 saturated carbocycles. The summed E-state index contributed by atoms with van der Waals surface area (Å²) in [5.41, 5.74) is 6.65. The van der Waals surface area contributed by atoms with E-state index in [0.29, 0.717) is 10.7 Å². The molecule has 2 aromatic carbocycles. The van der Waals surface area contributed by atoms with Crippen LogP contribution in [0.15, 0.2) is 66.0 Å². The minimum atomic E-state index is -0.605. The molecule has 6 nitrogen and oxygen atoms in total. The highest BCUT2D eigenvalue weighted by Crippen LogP contribution is 2.28. The molecule has 1 N–H and O–H groups in total. The summed E-state index contributed by atoms with van der Waals surface area (Å²) >= 11 is 1.35. The van der Waals surface area contributed by atoms with Gasteiger partial charge < -0.3 is 0 Å². The largest absolute Gasteiger partial charge is 0.294 e. The molecule has 2 atom stereocenters. The highest BCUT2D eigenvalue weighted by molar-refractivity contribution is 8.14. The Balaban J connectivity index is 1.47. The highest BCUT2D eigenvalue weighted by Gasteiger charge is 2.39. The number of hydrogen-bond donors (Lipinski definition) is 1. The van der Waals surface area contributed by atoms with E-state index in [2.05, 4.69) is 10.5 Å². The number of amidine groups is 1. The monoisotopic (exact) mass is 406 g/mol. The number of thioether (sulfide) groups is 1. The fourth-order valence-corrected chi connectivity index (χ4v) is 4.20. The number of anilines is 1. The van der Waals surface area contributed by atoms with E-state index in [1.165, 1.54) is 11.8 Å². The second-order valence-electron chi connectivity index (χ2n) is 7.10. The molecule has 2 heterocycles. The Hall–Kier alpha value is -3.06. The van der Waals surface area contributed by atoms with E-state index in [0.717, 1.165) is 16.8 Å². The van der Waals surface area contributed by atoms with Gasteiger partial charge in [-0.2, -0.15) is 5.10 Å². The van der Waals surface area contributed by atoms with Gasteiger partial charge in [0.1, 0.15) is 0 Å². The van der Waals surface area contributed by atoms with E-state index in [1.807, 2.05) is 75.5 Å². The summed E-state index contributed by atoms with van der Waals surface area (Å²) in [6, 6.07) is 15.2. The lowest BCUT2D eigenvalue weighted by Gasteiger charge is -2.32. The van der Waals surface area contributed by atoms with Gasteiger partial charge >= 0.3 is 0 Å². The van der Waals surface area contributed by atoms with Crippen LogP contribution in [-0.4, -0.2) is 33.2 Å². The first-order valence-electron chi connectivity index (χ1n) is 9.42. The van der Waals surface area contributed by atoms with Crippen molar-refractivity contribution in [1.82, 2.24) is 10.3 Å². The molecule has 0 spiro atoms. The standard InChI is InChI=1S/C22H22N4O2S/c1-14-9-10-17(13-15(14)2)19(27)16(3)29-22-24-23-20-21(28)25(11-12-26(20)22)18-7-5-4-6-8-18/h4-13,16,20,23H,1-3H3. The number of benzene rings is 2. The van der Waals surface area contributed by atoms with Crippen LogP contribution >= 0.6 is 11.8 Å². The van der Waals surface area contributed by atoms with E-state index in [1.54, 1.807) is 16.0 Å². The van der Waals surface area contributed by atoms with Crippen LogP contribution in [0.4, 0.5) is 5.69 Å². The molecular formula is C22H22N4O2S. The Morgan fingerprint density at radius 2 is 1.86 bits per heavy atom. The van der Waals surface area contributed by atoms with Crippen molar-refractivity contribution in [2.45, 2.75) is 32.2 Å². The summed E-state index contributed by atoms with van der Waals surface area (Å²) in [5, 5.41) is 4.59. The summed E-state index contributed by atoms with van der Waals surface area (Å²) in [6.45, 7) is 5.89. The Bertz CT molecular complexity index is 1020. The van der Waals surface area contributed by atoms with Crippen LogP contribution in [0.5, 0.6) is 0 Å². The van der Waals surface area contributed by atoms with Crippen molar-refractivity contribution in [3.05, 3.63) is 77.6 Å². The normalized spacial score (nSPS) is 18.9. The number of hydrogen-bond acceptors (Lipinski definition) is 6. The Morgan fingerprint density at radius 3 is 2.59 bits per heavy atom. The molecular weight excluding hydrogens is 384 g/mol. The molecule has 0 saturated heterocycles. The average molecular weight is 407 g/mol. The lowest BCUT2D eigenvalue weighted by molar-refractivity contribution is -0.122. The van der Waals surface area contributed by atoms with E-state index in [4.69, 9.17) is 0 Å². The number of para-hydroxylation sites is 1. The van der Waals surface area contributed by atoms with Gasteiger partial charge in [0.2, 0.25) is 6.17 Å². The van der Waals surface area contributed by atoms with Gasteiger partial charge in [0, 0.05) is 23.7 Å². The van der Waals surface area contributed by atoms with Crippen LogP contribution in [0.2, 0.25) is 0 Å². The molecule has 0 fully saturated rings. The van der Waals surface area contributed by atoms with Crippen molar-refractivity contribution < 1.29 is 9.59 Å². The zero-order valence-corrected chi connectivity index (χ0v) is 17.3. The van der Waals surface area contributed by atoms with Gasteiger partial charge in [-0.25, -0.2) is 0 Å². The van der Waals surface area contributed by atoms with Gasteiger partial charge in [-0.15, -0.1) is 0 Å². The number of nitrogens with zero attached hydrogens (tertiary/aromatic N) is 3. The van der Waals surface area contributed by atoms with Gasteiger partial charge in [-0.1, -0.05) is 42.1 Å². The first-order chi connectivity index (χ1) is 14.0. The van der Waals surface area contributed by atoms with E-state index >= 15 is 0 Å². The predicted octanol–water partition coefficient (Wildman–Crippen LogP) is 3.63. The lowest BCUT2D eigenvalue weighted by Crippen LogP contribution is -2.52. The molecule has 2 aliphatic rings. The first-order valence-corrected chi connectivity index (χ1v) is 10.3. The molecule has 1 amide bonds. The fourth-order valence-electron chi connectivity index (χ4n) is 3.24. The zero-order valence-electron chi connectivity index (χ0n) is 16.5. The summed E-state index contributed by atoms with van der Waals surface area (Å²) < 4.78 is 0. The molecule has 0 aliphatic carbocycles. The van der Waals surface area contributed by atoms with Gasteiger partial charge in [0.05, 0.1) is 5.25 Å². The number of fused-ring (bicyclic) bond motifs is 1. The molecule has 0 aromatic heterocycles. The number of carbonyl (C=O) groups is 2. The number of Topliss-reactive ketones (excluding diaryl/α,β-unsaturated/α-hetero) is 1. The maximum Gasteiger partial charge on any atom is 0.276 e. The van der Waals surface area contributed by atoms with Crippen molar-refractivity contribution in [3.63, 3.8) is 0 Å². The van der Waals surface area contributed by atoms with Crippen molar-refractivity contribution >= 4 is 34.3 Å². The van der Waals surface area contributed by atoms with Crippen LogP contribution in [0.25, 0.3) is 0 Å². The van der Waals surface area contributed by atoms with Crippen LogP contribution < -0.4 is 10.3 Å². The number of rotatable bonds is 4. The van der Waals surface area contributed by atoms with Crippen molar-refractivity contribution in [1.29, 1.82) is 0 Å². The van der Waals surface area contributed by atoms with Gasteiger partial charge in [-0.3, -0.25) is 24.8 Å². The Morgan fingerprint density at radius 1 is 1.10 bits per heavy atom. The third kappa shape index (κ3) is 3.65. The average Bonchev–Trinajstić information content (AvgIpc) is 3.14. The van der Waals surface area contributed by atoms with Crippen molar-refractivity contribution in [2.24, 2.45) is 5.10 Å². The van der Waals surface area contributed by atoms with E-state index < -0.39 is 6.17 Å². The molecule has 2 aromatic rings. The zero-order chi connectivity index (χ0) is 20.5. The number of hydrazone groups is 1.